The number of aromatic hydroxyl groups is 1. The molecule has 0 aliphatic rings. The summed E-state index contributed by atoms with van der Waals surface area (Å²) in [5, 5.41) is 23.1. The van der Waals surface area contributed by atoms with Gasteiger partial charge in [0.1, 0.15) is 10.8 Å². The lowest BCUT2D eigenvalue weighted by molar-refractivity contribution is -0.121. The average molecular weight is 519 g/mol. The van der Waals surface area contributed by atoms with Gasteiger partial charge in [-0.15, -0.1) is 11.3 Å². The fourth-order valence-corrected chi connectivity index (χ4v) is 5.36. The molecule has 2 aromatic heterocycles. The quantitative estimate of drug-likeness (QED) is 0.196. The highest BCUT2D eigenvalue weighted by molar-refractivity contribution is 7.15. The van der Waals surface area contributed by atoms with E-state index in [1.165, 1.54) is 11.3 Å². The van der Waals surface area contributed by atoms with Crippen molar-refractivity contribution in [3.05, 3.63) is 125 Å². The van der Waals surface area contributed by atoms with Crippen LogP contribution >= 0.6 is 11.3 Å². The number of nitrogens with zero attached hydrogens (tertiary/aromatic N) is 2. The lowest BCUT2D eigenvalue weighted by Gasteiger charge is -2.21. The molecule has 3 N–H and O–H groups in total. The topological polar surface area (TPSA) is 99.0 Å². The van der Waals surface area contributed by atoms with Crippen molar-refractivity contribution in [3.63, 3.8) is 0 Å². The van der Waals surface area contributed by atoms with Gasteiger partial charge in [0.2, 0.25) is 5.91 Å². The molecule has 38 heavy (non-hydrogen) atoms. The van der Waals surface area contributed by atoms with E-state index in [1.54, 1.807) is 36.7 Å². The van der Waals surface area contributed by atoms with Gasteiger partial charge in [-0.1, -0.05) is 84.9 Å². The van der Waals surface area contributed by atoms with Gasteiger partial charge in [0.05, 0.1) is 18.2 Å². The van der Waals surface area contributed by atoms with Crippen molar-refractivity contribution in [2.75, 3.05) is 0 Å². The second-order valence-electron chi connectivity index (χ2n) is 8.80. The van der Waals surface area contributed by atoms with E-state index in [0.29, 0.717) is 16.8 Å². The summed E-state index contributed by atoms with van der Waals surface area (Å²) in [6.45, 7) is 0. The van der Waals surface area contributed by atoms with Crippen LogP contribution in [-0.2, 0) is 11.2 Å². The fourth-order valence-electron chi connectivity index (χ4n) is 4.27. The molecule has 1 amide bonds. The van der Waals surface area contributed by atoms with Crippen molar-refractivity contribution >= 4 is 23.0 Å². The number of phenolic OH excluding ortho intramolecular Hbond substituents is 1. The zero-order valence-corrected chi connectivity index (χ0v) is 21.4. The number of aromatic nitrogens is 2. The minimum Gasteiger partial charge on any atom is -0.508 e. The Bertz CT molecular complexity index is 1540. The molecule has 0 saturated heterocycles. The molecule has 0 radical (unpaired) electrons. The highest BCUT2D eigenvalue weighted by Crippen LogP contribution is 2.34. The first-order chi connectivity index (χ1) is 18.6. The Morgan fingerprint density at radius 3 is 2.26 bits per heavy atom. The van der Waals surface area contributed by atoms with Crippen LogP contribution in [0.2, 0.25) is 0 Å². The van der Waals surface area contributed by atoms with Crippen LogP contribution in [0.25, 0.3) is 21.8 Å². The van der Waals surface area contributed by atoms with E-state index < -0.39 is 6.04 Å². The van der Waals surface area contributed by atoms with E-state index in [1.807, 2.05) is 72.8 Å². The minimum absolute atomic E-state index is 0.0749. The molecular formula is C31H26N4O2S. The molecule has 0 aliphatic heterocycles. The molecule has 1 atom stereocenters. The molecule has 5 aromatic rings. The summed E-state index contributed by atoms with van der Waals surface area (Å²) in [7, 11) is 0. The standard InChI is InChI=1S/C31H26N4O2S/c32-25(23-14-9-17-33-20-23)18-26(24-15-7-8-16-27(24)36)34-29(37)19-28-30(21-10-3-1-4-11-21)35-31(38-28)22-12-5-2-6-13-22/h1-17,20,26,32,36H,18-19H2,(H,34,37). The van der Waals surface area contributed by atoms with Gasteiger partial charge in [0.25, 0.3) is 0 Å². The Morgan fingerprint density at radius 1 is 0.895 bits per heavy atom. The van der Waals surface area contributed by atoms with Gasteiger partial charge < -0.3 is 15.8 Å². The summed E-state index contributed by atoms with van der Waals surface area (Å²) in [5.41, 5.74) is 4.28. The molecule has 3 aromatic carbocycles. The Labute approximate surface area is 225 Å². The Morgan fingerprint density at radius 2 is 1.58 bits per heavy atom. The first-order valence-electron chi connectivity index (χ1n) is 12.2. The van der Waals surface area contributed by atoms with Gasteiger partial charge in [-0.25, -0.2) is 4.98 Å². The smallest absolute Gasteiger partial charge is 0.225 e. The lowest BCUT2D eigenvalue weighted by Crippen LogP contribution is -2.31. The second kappa shape index (κ2) is 11.6. The zero-order valence-electron chi connectivity index (χ0n) is 20.5. The third kappa shape index (κ3) is 5.85. The Kier molecular flexibility index (Phi) is 7.66. The third-order valence-corrected chi connectivity index (χ3v) is 7.26. The van der Waals surface area contributed by atoms with Crippen molar-refractivity contribution in [3.8, 4) is 27.6 Å². The summed E-state index contributed by atoms with van der Waals surface area (Å²) < 4.78 is 0. The Hall–Kier alpha value is -4.62. The summed E-state index contributed by atoms with van der Waals surface area (Å²) in [6, 6.07) is 29.7. The number of carbonyl (C=O) groups is 1. The maximum atomic E-state index is 13.5. The van der Waals surface area contributed by atoms with Crippen molar-refractivity contribution < 1.29 is 9.90 Å². The largest absolute Gasteiger partial charge is 0.508 e. The number of hydrogen-bond donors (Lipinski definition) is 3. The lowest BCUT2D eigenvalue weighted by atomic mass is 9.97. The Balaban J connectivity index is 1.43. The first-order valence-corrected chi connectivity index (χ1v) is 13.1. The van der Waals surface area contributed by atoms with E-state index in [9.17, 15) is 9.90 Å². The van der Waals surface area contributed by atoms with E-state index in [0.717, 1.165) is 26.7 Å². The number of hydrogen-bond acceptors (Lipinski definition) is 6. The predicted molar refractivity (Wildman–Crippen MR) is 151 cm³/mol. The van der Waals surface area contributed by atoms with Gasteiger partial charge in [0.15, 0.2) is 0 Å². The molecule has 188 valence electrons. The average Bonchev–Trinajstić information content (AvgIpc) is 3.38. The number of pyridine rings is 1. The molecular weight excluding hydrogens is 492 g/mol. The molecule has 0 bridgehead atoms. The van der Waals surface area contributed by atoms with Crippen LogP contribution < -0.4 is 5.32 Å². The molecule has 0 saturated carbocycles. The highest BCUT2D eigenvalue weighted by Gasteiger charge is 2.23. The number of phenols is 1. The van der Waals surface area contributed by atoms with Crippen LogP contribution in [0, 0.1) is 5.41 Å². The maximum Gasteiger partial charge on any atom is 0.225 e. The highest BCUT2D eigenvalue weighted by atomic mass is 32.1. The molecule has 0 spiro atoms. The van der Waals surface area contributed by atoms with Crippen LogP contribution in [0.4, 0.5) is 0 Å². The number of benzene rings is 3. The predicted octanol–water partition coefficient (Wildman–Crippen LogP) is 6.44. The van der Waals surface area contributed by atoms with Crippen LogP contribution in [0.5, 0.6) is 5.75 Å². The van der Waals surface area contributed by atoms with Crippen molar-refractivity contribution in [2.24, 2.45) is 0 Å². The van der Waals surface area contributed by atoms with Gasteiger partial charge in [0, 0.05) is 51.7 Å². The van der Waals surface area contributed by atoms with Crippen molar-refractivity contribution in [1.29, 1.82) is 5.41 Å². The van der Waals surface area contributed by atoms with E-state index in [4.69, 9.17) is 10.4 Å². The number of para-hydroxylation sites is 1. The van der Waals surface area contributed by atoms with E-state index >= 15 is 0 Å². The van der Waals surface area contributed by atoms with E-state index in [2.05, 4.69) is 10.3 Å². The molecule has 5 rings (SSSR count). The maximum absolute atomic E-state index is 13.5. The SMILES string of the molecule is N=C(CC(NC(=O)Cc1sc(-c2ccccc2)nc1-c1ccccc1)c1ccccc1O)c1cccnc1. The third-order valence-electron chi connectivity index (χ3n) is 6.15. The number of thiazole rings is 1. The van der Waals surface area contributed by atoms with Gasteiger partial charge >= 0.3 is 0 Å². The summed E-state index contributed by atoms with van der Waals surface area (Å²) in [6.07, 6.45) is 3.61. The second-order valence-corrected chi connectivity index (χ2v) is 9.89. The first kappa shape index (κ1) is 25.0. The zero-order chi connectivity index (χ0) is 26.3. The fraction of sp³-hybridized carbons (Fsp3) is 0.0968. The number of amides is 1. The van der Waals surface area contributed by atoms with Crippen molar-refractivity contribution in [1.82, 2.24) is 15.3 Å². The minimum atomic E-state index is -0.585. The summed E-state index contributed by atoms with van der Waals surface area (Å²) in [5.74, 6) is -0.136. The molecule has 0 aliphatic carbocycles. The van der Waals surface area contributed by atoms with Crippen LogP contribution in [-0.4, -0.2) is 26.7 Å². The molecule has 2 heterocycles. The monoisotopic (exact) mass is 518 g/mol. The van der Waals surface area contributed by atoms with E-state index in [-0.39, 0.29) is 24.5 Å². The normalized spacial score (nSPS) is 11.6. The van der Waals surface area contributed by atoms with Gasteiger partial charge in [-0.2, -0.15) is 0 Å². The van der Waals surface area contributed by atoms with Crippen molar-refractivity contribution in [2.45, 2.75) is 18.9 Å². The van der Waals surface area contributed by atoms with Crippen LogP contribution in [0.3, 0.4) is 0 Å². The summed E-state index contributed by atoms with van der Waals surface area (Å²) >= 11 is 1.50. The molecule has 0 fully saturated rings. The number of rotatable bonds is 9. The molecule has 6 nitrogen and oxygen atoms in total. The van der Waals surface area contributed by atoms with Gasteiger partial charge in [-0.3, -0.25) is 9.78 Å². The molecule has 7 heteroatoms. The summed E-state index contributed by atoms with van der Waals surface area (Å²) in [4.78, 5) is 23.3. The van der Waals surface area contributed by atoms with Crippen LogP contribution in [0.15, 0.2) is 109 Å². The number of nitrogens with one attached hydrogen (secondary N) is 2. The number of carbonyl (C=O) groups excluding carboxylic acids is 1. The molecule has 1 unspecified atom stereocenters. The van der Waals surface area contributed by atoms with Gasteiger partial charge in [-0.05, 0) is 12.1 Å². The van der Waals surface area contributed by atoms with Crippen LogP contribution in [0.1, 0.15) is 28.5 Å².